The molecule has 0 amide bonds. The molecule has 7 heteroatoms. The topological polar surface area (TPSA) is 24.9 Å². The zero-order chi connectivity index (χ0) is 15.5. The van der Waals surface area contributed by atoms with E-state index in [1.807, 2.05) is 19.2 Å². The Morgan fingerprint density at radius 2 is 1.95 bits per heavy atom. The minimum atomic E-state index is -4.25. The molecule has 1 aromatic heterocycles. The molecular formula is C14H15F3N2S2. The lowest BCUT2D eigenvalue weighted by molar-refractivity contribution is -0.0328. The normalized spacial score (nSPS) is 13.4. The number of nitrogens with one attached hydrogen (secondary N) is 1. The molecule has 2 nitrogen and oxygen atoms in total. The molecule has 0 saturated carbocycles. The SMILES string of the molecule is CCNC(c1ccc(SC(F)(F)F)cc1)c1nc(C)cs1. The number of halogens is 3. The fourth-order valence-corrected chi connectivity index (χ4v) is 3.35. The molecule has 1 heterocycles. The van der Waals surface area contributed by atoms with Crippen molar-refractivity contribution in [1.29, 1.82) is 0 Å². The van der Waals surface area contributed by atoms with Crippen molar-refractivity contribution in [2.24, 2.45) is 0 Å². The molecule has 0 saturated heterocycles. The van der Waals surface area contributed by atoms with Gasteiger partial charge in [0.1, 0.15) is 5.01 Å². The summed E-state index contributed by atoms with van der Waals surface area (Å²) in [6.45, 7) is 4.66. The number of aromatic nitrogens is 1. The van der Waals surface area contributed by atoms with Gasteiger partial charge < -0.3 is 5.32 Å². The molecule has 2 rings (SSSR count). The van der Waals surface area contributed by atoms with Gasteiger partial charge in [-0.3, -0.25) is 0 Å². The summed E-state index contributed by atoms with van der Waals surface area (Å²) in [4.78, 5) is 4.65. The number of rotatable bonds is 5. The monoisotopic (exact) mass is 332 g/mol. The van der Waals surface area contributed by atoms with E-state index < -0.39 is 5.51 Å². The second-order valence-corrected chi connectivity index (χ2v) is 6.46. The molecule has 0 bridgehead atoms. The Morgan fingerprint density at radius 1 is 1.29 bits per heavy atom. The van der Waals surface area contributed by atoms with E-state index in [1.54, 1.807) is 23.5 Å². The molecule has 1 unspecified atom stereocenters. The predicted octanol–water partition coefficient (Wildman–Crippen LogP) is 4.76. The molecule has 1 N–H and O–H groups in total. The second kappa shape index (κ2) is 6.81. The van der Waals surface area contributed by atoms with Crippen molar-refractivity contribution in [3.05, 3.63) is 45.9 Å². The van der Waals surface area contributed by atoms with Crippen LogP contribution >= 0.6 is 23.1 Å². The van der Waals surface area contributed by atoms with E-state index in [0.29, 0.717) is 0 Å². The van der Waals surface area contributed by atoms with Crippen molar-refractivity contribution < 1.29 is 13.2 Å². The third-order valence-corrected chi connectivity index (χ3v) is 4.51. The third-order valence-electron chi connectivity index (χ3n) is 2.74. The van der Waals surface area contributed by atoms with E-state index in [1.165, 1.54) is 12.1 Å². The number of thioether (sulfide) groups is 1. The van der Waals surface area contributed by atoms with E-state index in [0.717, 1.165) is 22.8 Å². The van der Waals surface area contributed by atoms with Gasteiger partial charge in [0.15, 0.2) is 0 Å². The van der Waals surface area contributed by atoms with Crippen LogP contribution in [-0.4, -0.2) is 17.0 Å². The van der Waals surface area contributed by atoms with E-state index in [-0.39, 0.29) is 22.7 Å². The number of hydrogen-bond donors (Lipinski definition) is 1. The molecule has 114 valence electrons. The molecular weight excluding hydrogens is 317 g/mol. The van der Waals surface area contributed by atoms with Crippen LogP contribution in [0.25, 0.3) is 0 Å². The minimum absolute atomic E-state index is 0.0846. The summed E-state index contributed by atoms with van der Waals surface area (Å²) >= 11 is 1.45. The van der Waals surface area contributed by atoms with E-state index in [4.69, 9.17) is 0 Å². The molecule has 2 aromatic rings. The predicted molar refractivity (Wildman–Crippen MR) is 80.7 cm³/mol. The Labute approximate surface area is 129 Å². The first kappa shape index (κ1) is 16.3. The molecule has 1 aromatic carbocycles. The van der Waals surface area contributed by atoms with Crippen LogP contribution in [0.5, 0.6) is 0 Å². The van der Waals surface area contributed by atoms with Crippen molar-refractivity contribution in [3.63, 3.8) is 0 Å². The first-order chi connectivity index (χ1) is 9.89. The average Bonchev–Trinajstić information content (AvgIpc) is 2.82. The van der Waals surface area contributed by atoms with Crippen LogP contribution in [0, 0.1) is 6.92 Å². The highest BCUT2D eigenvalue weighted by atomic mass is 32.2. The van der Waals surface area contributed by atoms with Crippen LogP contribution in [0.15, 0.2) is 34.5 Å². The molecule has 0 aliphatic carbocycles. The molecule has 21 heavy (non-hydrogen) atoms. The third kappa shape index (κ3) is 4.72. The molecule has 0 aliphatic heterocycles. The summed E-state index contributed by atoms with van der Waals surface area (Å²) in [6.07, 6.45) is 0. The van der Waals surface area contributed by atoms with Gasteiger partial charge in [-0.15, -0.1) is 11.3 Å². The minimum Gasteiger partial charge on any atom is -0.305 e. The van der Waals surface area contributed by atoms with Gasteiger partial charge in [-0.25, -0.2) is 4.98 Å². The second-order valence-electron chi connectivity index (χ2n) is 4.43. The standard InChI is InChI=1S/C14H15F3N2S2/c1-3-18-12(13-19-9(2)8-20-13)10-4-6-11(7-5-10)21-14(15,16)17/h4-8,12,18H,3H2,1-2H3. The lowest BCUT2D eigenvalue weighted by Crippen LogP contribution is -2.21. The maximum Gasteiger partial charge on any atom is 0.446 e. The number of aryl methyl sites for hydroxylation is 1. The van der Waals surface area contributed by atoms with Crippen molar-refractivity contribution in [3.8, 4) is 0 Å². The number of benzene rings is 1. The highest BCUT2D eigenvalue weighted by Gasteiger charge is 2.29. The highest BCUT2D eigenvalue weighted by molar-refractivity contribution is 8.00. The smallest absolute Gasteiger partial charge is 0.305 e. The molecule has 0 aliphatic rings. The van der Waals surface area contributed by atoms with Crippen LogP contribution in [0.3, 0.4) is 0 Å². The van der Waals surface area contributed by atoms with Gasteiger partial charge in [0.05, 0.1) is 6.04 Å². The summed E-state index contributed by atoms with van der Waals surface area (Å²) in [5.74, 6) is 0. The van der Waals surface area contributed by atoms with Gasteiger partial charge in [-0.05, 0) is 42.9 Å². The lowest BCUT2D eigenvalue weighted by Gasteiger charge is -2.16. The number of thiazole rings is 1. The maximum atomic E-state index is 12.3. The van der Waals surface area contributed by atoms with Gasteiger partial charge >= 0.3 is 5.51 Å². The first-order valence-electron chi connectivity index (χ1n) is 6.40. The summed E-state index contributed by atoms with van der Waals surface area (Å²) in [5, 5.41) is 6.20. The van der Waals surface area contributed by atoms with Gasteiger partial charge in [0, 0.05) is 16.0 Å². The molecule has 0 radical (unpaired) electrons. The largest absolute Gasteiger partial charge is 0.446 e. The Balaban J connectivity index is 2.21. The number of nitrogens with zero attached hydrogens (tertiary/aromatic N) is 1. The molecule has 0 fully saturated rings. The van der Waals surface area contributed by atoms with Crippen molar-refractivity contribution >= 4 is 23.1 Å². The van der Waals surface area contributed by atoms with Crippen LogP contribution in [-0.2, 0) is 0 Å². The van der Waals surface area contributed by atoms with Crippen LogP contribution in [0.4, 0.5) is 13.2 Å². The zero-order valence-electron chi connectivity index (χ0n) is 11.6. The zero-order valence-corrected chi connectivity index (χ0v) is 13.2. The van der Waals surface area contributed by atoms with E-state index >= 15 is 0 Å². The van der Waals surface area contributed by atoms with Crippen LogP contribution in [0.1, 0.15) is 29.2 Å². The molecule has 0 spiro atoms. The van der Waals surface area contributed by atoms with Crippen molar-refractivity contribution in [2.45, 2.75) is 30.3 Å². The van der Waals surface area contributed by atoms with E-state index in [2.05, 4.69) is 10.3 Å². The average molecular weight is 332 g/mol. The summed E-state index contributed by atoms with van der Waals surface area (Å²) in [5.41, 5.74) is -2.39. The quantitative estimate of drug-likeness (QED) is 0.799. The van der Waals surface area contributed by atoms with Gasteiger partial charge in [-0.2, -0.15) is 13.2 Å². The summed E-state index contributed by atoms with van der Waals surface area (Å²) in [7, 11) is 0. The highest BCUT2D eigenvalue weighted by Crippen LogP contribution is 2.37. The van der Waals surface area contributed by atoms with Gasteiger partial charge in [0.25, 0.3) is 0 Å². The Morgan fingerprint density at radius 3 is 2.43 bits per heavy atom. The first-order valence-corrected chi connectivity index (χ1v) is 8.10. The number of hydrogen-bond acceptors (Lipinski definition) is 4. The summed E-state index contributed by atoms with van der Waals surface area (Å²) < 4.78 is 37.0. The van der Waals surface area contributed by atoms with Gasteiger partial charge in [0.2, 0.25) is 0 Å². The lowest BCUT2D eigenvalue weighted by atomic mass is 10.1. The Kier molecular flexibility index (Phi) is 5.29. The van der Waals surface area contributed by atoms with Crippen LogP contribution < -0.4 is 5.32 Å². The van der Waals surface area contributed by atoms with E-state index in [9.17, 15) is 13.2 Å². The Bertz CT molecular complexity index is 579. The van der Waals surface area contributed by atoms with Crippen LogP contribution in [0.2, 0.25) is 0 Å². The Hall–Kier alpha value is -1.05. The van der Waals surface area contributed by atoms with Gasteiger partial charge in [-0.1, -0.05) is 19.1 Å². The fourth-order valence-electron chi connectivity index (χ4n) is 1.92. The molecule has 1 atom stereocenters. The van der Waals surface area contributed by atoms with Crippen molar-refractivity contribution in [1.82, 2.24) is 10.3 Å². The fraction of sp³-hybridized carbons (Fsp3) is 0.357. The maximum absolute atomic E-state index is 12.3. The van der Waals surface area contributed by atoms with Crippen molar-refractivity contribution in [2.75, 3.05) is 6.54 Å². The number of alkyl halides is 3. The summed E-state index contributed by atoms with van der Waals surface area (Å²) in [6, 6.07) is 6.35.